The van der Waals surface area contributed by atoms with Crippen LogP contribution in [0.15, 0.2) is 46.7 Å². The minimum atomic E-state index is 0.00847. The number of unbranched alkanes of at least 4 members (excludes halogenated alkanes) is 3. The highest BCUT2D eigenvalue weighted by Crippen LogP contribution is 2.31. The lowest BCUT2D eigenvalue weighted by Gasteiger charge is -2.17. The second-order valence-electron chi connectivity index (χ2n) is 4.37. The van der Waals surface area contributed by atoms with Crippen LogP contribution in [0, 0.1) is 6.08 Å². The van der Waals surface area contributed by atoms with Gasteiger partial charge >= 0.3 is 0 Å². The summed E-state index contributed by atoms with van der Waals surface area (Å²) < 4.78 is 0. The van der Waals surface area contributed by atoms with Crippen LogP contribution in [0.4, 0.5) is 0 Å². The van der Waals surface area contributed by atoms with E-state index in [0.29, 0.717) is 5.57 Å². The highest BCUT2D eigenvalue weighted by atomic mass is 16.2. The highest BCUT2D eigenvalue weighted by molar-refractivity contribution is 6.03. The number of nitrogens with zero attached hydrogens (tertiary/aromatic N) is 1. The second-order valence-corrected chi connectivity index (χ2v) is 4.37. The van der Waals surface area contributed by atoms with E-state index in [4.69, 9.17) is 0 Å². The van der Waals surface area contributed by atoms with Gasteiger partial charge in [0.15, 0.2) is 0 Å². The fourth-order valence-electron chi connectivity index (χ4n) is 2.18. The first-order chi connectivity index (χ1) is 8.79. The molecule has 0 unspecified atom stereocenters. The molecule has 1 amide bonds. The smallest absolute Gasteiger partial charge is 0.260 e. The summed E-state index contributed by atoms with van der Waals surface area (Å²) in [5.41, 5.74) is 10.5. The summed E-state index contributed by atoms with van der Waals surface area (Å²) in [4.78, 5) is 14.0. The number of carbonyl (C=O) groups is 1. The average molecular weight is 238 g/mol. The maximum Gasteiger partial charge on any atom is 0.260 e. The van der Waals surface area contributed by atoms with Crippen molar-refractivity contribution in [3.8, 4) is 0 Å². The van der Waals surface area contributed by atoms with Crippen LogP contribution >= 0.6 is 0 Å². The number of carbonyl (C=O) groups excluding carboxylic acids is 1. The van der Waals surface area contributed by atoms with E-state index in [1.807, 2.05) is 0 Å². The third kappa shape index (κ3) is 2.18. The van der Waals surface area contributed by atoms with Crippen LogP contribution in [-0.4, -0.2) is 17.4 Å². The van der Waals surface area contributed by atoms with Gasteiger partial charge in [0.2, 0.25) is 0 Å². The fourth-order valence-corrected chi connectivity index (χ4v) is 2.18. The standard InChI is InChI=1S/C16H16NO/c1-3-5-6-9-12-17-15(4-2)13-10-7-8-11-14(13)16(17)18/h11H,2-3,5-6,9,12H2,1H3. The van der Waals surface area contributed by atoms with Crippen LogP contribution in [0.1, 0.15) is 32.6 Å². The largest absolute Gasteiger partial charge is 0.301 e. The molecule has 18 heavy (non-hydrogen) atoms. The summed E-state index contributed by atoms with van der Waals surface area (Å²) in [6.07, 6.45) is 9.14. The van der Waals surface area contributed by atoms with Crippen LogP contribution < -0.4 is 0 Å². The lowest BCUT2D eigenvalue weighted by Crippen LogP contribution is -2.26. The van der Waals surface area contributed by atoms with Crippen LogP contribution in [-0.2, 0) is 4.79 Å². The molecule has 2 nitrogen and oxygen atoms in total. The van der Waals surface area contributed by atoms with E-state index < -0.39 is 0 Å². The zero-order chi connectivity index (χ0) is 13.0. The summed E-state index contributed by atoms with van der Waals surface area (Å²) in [6.45, 7) is 6.57. The monoisotopic (exact) mass is 238 g/mol. The van der Waals surface area contributed by atoms with Crippen molar-refractivity contribution in [1.82, 2.24) is 4.90 Å². The molecule has 0 aromatic heterocycles. The number of rotatable bonds is 5. The molecule has 0 saturated heterocycles. The zero-order valence-corrected chi connectivity index (χ0v) is 10.7. The molecule has 0 fully saturated rings. The summed E-state index contributed by atoms with van der Waals surface area (Å²) >= 11 is 0. The van der Waals surface area contributed by atoms with Crippen molar-refractivity contribution < 1.29 is 4.79 Å². The van der Waals surface area contributed by atoms with E-state index >= 15 is 0 Å². The Morgan fingerprint density at radius 3 is 2.94 bits per heavy atom. The van der Waals surface area contributed by atoms with Gasteiger partial charge in [-0.25, -0.2) is 0 Å². The maximum absolute atomic E-state index is 12.2. The van der Waals surface area contributed by atoms with Crippen LogP contribution in [0.2, 0.25) is 0 Å². The van der Waals surface area contributed by atoms with Crippen LogP contribution in [0.5, 0.6) is 0 Å². The van der Waals surface area contributed by atoms with Crippen LogP contribution in [0.3, 0.4) is 0 Å². The molecular weight excluding hydrogens is 222 g/mol. The van der Waals surface area contributed by atoms with E-state index in [9.17, 15) is 4.79 Å². The topological polar surface area (TPSA) is 20.3 Å². The summed E-state index contributed by atoms with van der Waals surface area (Å²) in [5, 5.41) is 0. The maximum atomic E-state index is 12.2. The zero-order valence-electron chi connectivity index (χ0n) is 10.7. The van der Waals surface area contributed by atoms with Crippen molar-refractivity contribution >= 4 is 5.91 Å². The van der Waals surface area contributed by atoms with Gasteiger partial charge in [-0.1, -0.05) is 44.2 Å². The minimum absolute atomic E-state index is 0.00847. The van der Waals surface area contributed by atoms with Gasteiger partial charge in [-0.05, 0) is 6.42 Å². The molecule has 0 atom stereocenters. The van der Waals surface area contributed by atoms with Crippen molar-refractivity contribution in [1.29, 1.82) is 0 Å². The number of hydrogen-bond donors (Lipinski definition) is 0. The Labute approximate surface area is 108 Å². The van der Waals surface area contributed by atoms with Gasteiger partial charge in [0.05, 0.1) is 17.3 Å². The molecule has 2 aliphatic rings. The van der Waals surface area contributed by atoms with Gasteiger partial charge in [-0.3, -0.25) is 4.79 Å². The molecule has 91 valence electrons. The molecule has 0 spiro atoms. The van der Waals surface area contributed by atoms with Gasteiger partial charge in [-0.2, -0.15) is 0 Å². The van der Waals surface area contributed by atoms with Crippen molar-refractivity contribution in [3.05, 3.63) is 52.8 Å². The normalized spacial score (nSPS) is 16.6. The molecule has 1 aliphatic heterocycles. The predicted octanol–water partition coefficient (Wildman–Crippen LogP) is 3.06. The molecule has 1 radical (unpaired) electrons. The molecule has 0 saturated carbocycles. The van der Waals surface area contributed by atoms with Crippen LogP contribution in [0.25, 0.3) is 0 Å². The molecule has 0 bridgehead atoms. The van der Waals surface area contributed by atoms with Crippen molar-refractivity contribution in [2.75, 3.05) is 6.54 Å². The molecule has 0 N–H and O–H groups in total. The van der Waals surface area contributed by atoms with E-state index in [1.165, 1.54) is 12.8 Å². The van der Waals surface area contributed by atoms with Gasteiger partial charge in [0.25, 0.3) is 5.91 Å². The number of hydrogen-bond acceptors (Lipinski definition) is 1. The summed E-state index contributed by atoms with van der Waals surface area (Å²) in [5.74, 6) is 0.00847. The van der Waals surface area contributed by atoms with E-state index in [0.717, 1.165) is 30.7 Å². The third-order valence-electron chi connectivity index (χ3n) is 3.13. The minimum Gasteiger partial charge on any atom is -0.301 e. The molecule has 0 aromatic rings. The lowest BCUT2D eigenvalue weighted by atomic mass is 10.1. The van der Waals surface area contributed by atoms with Gasteiger partial charge < -0.3 is 4.90 Å². The van der Waals surface area contributed by atoms with Gasteiger partial charge in [0.1, 0.15) is 0 Å². The number of allylic oxidation sites excluding steroid dienone is 1. The Morgan fingerprint density at radius 2 is 2.22 bits per heavy atom. The second kappa shape index (κ2) is 5.58. The van der Waals surface area contributed by atoms with E-state index in [2.05, 4.69) is 36.8 Å². The fraction of sp³-hybridized carbons (Fsp3) is 0.375. The first-order valence-corrected chi connectivity index (χ1v) is 6.36. The Balaban J connectivity index is 2.11. The Morgan fingerprint density at radius 1 is 1.39 bits per heavy atom. The molecular formula is C16H16NO. The Kier molecular flexibility index (Phi) is 3.87. The lowest BCUT2D eigenvalue weighted by molar-refractivity contribution is -0.124. The molecule has 1 aliphatic carbocycles. The Hall–Kier alpha value is -1.97. The molecule has 2 heteroatoms. The highest BCUT2D eigenvalue weighted by Gasteiger charge is 2.32. The SMILES string of the molecule is C=C=C1C2=C(C=C=C=[C]2)C(=O)N1CCCCCC. The first-order valence-electron chi connectivity index (χ1n) is 6.36. The van der Waals surface area contributed by atoms with E-state index in [1.54, 1.807) is 11.0 Å². The molecule has 1 heterocycles. The quantitative estimate of drug-likeness (QED) is 0.532. The molecule has 0 aromatic carbocycles. The van der Waals surface area contributed by atoms with Crippen molar-refractivity contribution in [2.24, 2.45) is 0 Å². The molecule has 2 rings (SSSR count). The van der Waals surface area contributed by atoms with Gasteiger partial charge in [-0.15, -0.1) is 5.73 Å². The van der Waals surface area contributed by atoms with Crippen molar-refractivity contribution in [3.63, 3.8) is 0 Å². The first kappa shape index (κ1) is 12.5. The number of amides is 1. The Bertz CT molecular complexity index is 546. The predicted molar refractivity (Wildman–Crippen MR) is 70.4 cm³/mol. The third-order valence-corrected chi connectivity index (χ3v) is 3.13. The van der Waals surface area contributed by atoms with Crippen molar-refractivity contribution in [2.45, 2.75) is 32.6 Å². The van der Waals surface area contributed by atoms with E-state index in [-0.39, 0.29) is 5.91 Å². The average Bonchev–Trinajstić information content (AvgIpc) is 2.68. The summed E-state index contributed by atoms with van der Waals surface area (Å²) in [7, 11) is 0. The van der Waals surface area contributed by atoms with Gasteiger partial charge in [0, 0.05) is 18.2 Å². The summed E-state index contributed by atoms with van der Waals surface area (Å²) in [6, 6.07) is 0.